The molecule has 2 nitrogen and oxygen atoms in total. The molecule has 2 aliphatic rings. The first-order chi connectivity index (χ1) is 7.69. The van der Waals surface area contributed by atoms with Crippen molar-refractivity contribution < 1.29 is 0 Å². The normalized spacial score (nSPS) is 31.3. The van der Waals surface area contributed by atoms with Crippen LogP contribution in [0.2, 0.25) is 0 Å². The Bertz CT molecular complexity index is 222. The predicted octanol–water partition coefficient (Wildman–Crippen LogP) is 2.11. The van der Waals surface area contributed by atoms with E-state index >= 15 is 0 Å². The summed E-state index contributed by atoms with van der Waals surface area (Å²) in [5.74, 6) is 1.08. The summed E-state index contributed by atoms with van der Waals surface area (Å²) in [6.07, 6.45) is 4.22. The van der Waals surface area contributed by atoms with Crippen LogP contribution in [0.3, 0.4) is 0 Å². The van der Waals surface area contributed by atoms with Gasteiger partial charge in [0.2, 0.25) is 0 Å². The zero-order valence-electron chi connectivity index (χ0n) is 10.8. The number of thiol groups is 1. The molecule has 1 saturated carbocycles. The van der Waals surface area contributed by atoms with Gasteiger partial charge in [-0.1, -0.05) is 13.3 Å². The summed E-state index contributed by atoms with van der Waals surface area (Å²) in [4.78, 5) is 5.26. The molecule has 0 aromatic rings. The average molecular weight is 242 g/mol. The minimum atomic E-state index is 0.567. The molecule has 2 rings (SSSR count). The number of hydrogen-bond donors (Lipinski definition) is 1. The number of nitrogens with zero attached hydrogens (tertiary/aromatic N) is 2. The Morgan fingerprint density at radius 3 is 2.50 bits per heavy atom. The summed E-state index contributed by atoms with van der Waals surface area (Å²) in [6.45, 7) is 10.9. The first-order valence-corrected chi connectivity index (χ1v) is 7.39. The molecule has 1 aliphatic heterocycles. The highest BCUT2D eigenvalue weighted by molar-refractivity contribution is 7.80. The third-order valence-electron chi connectivity index (χ3n) is 4.56. The molecule has 0 bridgehead atoms. The number of piperazine rings is 1. The SMILES string of the molecule is CCN1CCN(CC2(CS)CCC2)CC1C. The second-order valence-corrected chi connectivity index (χ2v) is 6.04. The summed E-state index contributed by atoms with van der Waals surface area (Å²) >= 11 is 4.55. The summed E-state index contributed by atoms with van der Waals surface area (Å²) in [5, 5.41) is 0. The van der Waals surface area contributed by atoms with E-state index in [1.807, 2.05) is 0 Å². The van der Waals surface area contributed by atoms with Crippen molar-refractivity contribution in [3.8, 4) is 0 Å². The number of likely N-dealkylation sites (N-methyl/N-ethyl adjacent to an activating group) is 1. The van der Waals surface area contributed by atoms with E-state index < -0.39 is 0 Å². The summed E-state index contributed by atoms with van der Waals surface area (Å²) in [5.41, 5.74) is 0.567. The lowest BCUT2D eigenvalue weighted by atomic mass is 9.70. The molecule has 0 aromatic carbocycles. The fraction of sp³-hybridized carbons (Fsp3) is 1.00. The summed E-state index contributed by atoms with van der Waals surface area (Å²) < 4.78 is 0. The first kappa shape index (κ1) is 12.7. The molecule has 1 saturated heterocycles. The standard InChI is InChI=1S/C13H26N2S/c1-3-15-8-7-14(9-12(15)2)10-13(11-16)5-4-6-13/h12,16H,3-11H2,1-2H3. The molecule has 0 radical (unpaired) electrons. The lowest BCUT2D eigenvalue weighted by molar-refractivity contribution is 0.0321. The van der Waals surface area contributed by atoms with Crippen LogP contribution in [-0.2, 0) is 0 Å². The summed E-state index contributed by atoms with van der Waals surface area (Å²) in [7, 11) is 0. The zero-order valence-corrected chi connectivity index (χ0v) is 11.7. The van der Waals surface area contributed by atoms with Crippen molar-refractivity contribution >= 4 is 12.6 Å². The first-order valence-electron chi connectivity index (χ1n) is 6.76. The maximum absolute atomic E-state index is 4.55. The average Bonchev–Trinajstić information content (AvgIpc) is 2.24. The van der Waals surface area contributed by atoms with Crippen molar-refractivity contribution in [3.63, 3.8) is 0 Å². The van der Waals surface area contributed by atoms with E-state index in [2.05, 4.69) is 36.3 Å². The van der Waals surface area contributed by atoms with E-state index in [1.165, 1.54) is 52.0 Å². The van der Waals surface area contributed by atoms with Crippen LogP contribution in [0.4, 0.5) is 0 Å². The highest BCUT2D eigenvalue weighted by Gasteiger charge is 2.38. The van der Waals surface area contributed by atoms with Crippen LogP contribution in [0.25, 0.3) is 0 Å². The van der Waals surface area contributed by atoms with Crippen LogP contribution in [0.15, 0.2) is 0 Å². The Morgan fingerprint density at radius 1 is 1.31 bits per heavy atom. The molecule has 1 atom stereocenters. The molecule has 1 heterocycles. The van der Waals surface area contributed by atoms with Crippen molar-refractivity contribution in [2.24, 2.45) is 5.41 Å². The zero-order chi connectivity index (χ0) is 11.6. The monoisotopic (exact) mass is 242 g/mol. The lowest BCUT2D eigenvalue weighted by Crippen LogP contribution is -2.55. The van der Waals surface area contributed by atoms with Crippen molar-refractivity contribution in [3.05, 3.63) is 0 Å². The molecule has 1 unspecified atom stereocenters. The largest absolute Gasteiger partial charge is 0.300 e. The minimum Gasteiger partial charge on any atom is -0.300 e. The Kier molecular flexibility index (Phi) is 4.20. The quantitative estimate of drug-likeness (QED) is 0.754. The van der Waals surface area contributed by atoms with Gasteiger partial charge in [-0.05, 0) is 37.5 Å². The minimum absolute atomic E-state index is 0.567. The van der Waals surface area contributed by atoms with Gasteiger partial charge in [0.25, 0.3) is 0 Å². The van der Waals surface area contributed by atoms with Gasteiger partial charge in [0.15, 0.2) is 0 Å². The maximum Gasteiger partial charge on any atom is 0.0195 e. The van der Waals surface area contributed by atoms with E-state index in [0.717, 1.165) is 11.8 Å². The van der Waals surface area contributed by atoms with Gasteiger partial charge in [0.05, 0.1) is 0 Å². The van der Waals surface area contributed by atoms with Crippen LogP contribution in [0, 0.1) is 5.41 Å². The van der Waals surface area contributed by atoms with E-state index in [-0.39, 0.29) is 0 Å². The van der Waals surface area contributed by atoms with E-state index in [0.29, 0.717) is 5.41 Å². The highest BCUT2D eigenvalue weighted by Crippen LogP contribution is 2.42. The Labute approximate surface area is 106 Å². The molecule has 0 amide bonds. The Hall–Kier alpha value is 0.270. The van der Waals surface area contributed by atoms with Crippen molar-refractivity contribution in [1.29, 1.82) is 0 Å². The van der Waals surface area contributed by atoms with Gasteiger partial charge in [-0.2, -0.15) is 12.6 Å². The molecule has 1 aliphatic carbocycles. The second kappa shape index (κ2) is 5.28. The molecule has 2 fully saturated rings. The Balaban J connectivity index is 1.83. The molecule has 16 heavy (non-hydrogen) atoms. The fourth-order valence-electron chi connectivity index (χ4n) is 3.20. The third kappa shape index (κ3) is 2.57. The smallest absolute Gasteiger partial charge is 0.0195 e. The van der Waals surface area contributed by atoms with Gasteiger partial charge in [-0.25, -0.2) is 0 Å². The fourth-order valence-corrected chi connectivity index (χ4v) is 3.62. The maximum atomic E-state index is 4.55. The lowest BCUT2D eigenvalue weighted by Gasteiger charge is -2.47. The topological polar surface area (TPSA) is 6.48 Å². The summed E-state index contributed by atoms with van der Waals surface area (Å²) in [6, 6.07) is 0.732. The Morgan fingerprint density at radius 2 is 2.06 bits per heavy atom. The van der Waals surface area contributed by atoms with Gasteiger partial charge in [-0.3, -0.25) is 9.80 Å². The second-order valence-electron chi connectivity index (χ2n) is 5.72. The highest BCUT2D eigenvalue weighted by atomic mass is 32.1. The predicted molar refractivity (Wildman–Crippen MR) is 73.3 cm³/mol. The number of hydrogen-bond acceptors (Lipinski definition) is 3. The van der Waals surface area contributed by atoms with Gasteiger partial charge < -0.3 is 0 Å². The van der Waals surface area contributed by atoms with Crippen molar-refractivity contribution in [2.45, 2.75) is 39.2 Å². The van der Waals surface area contributed by atoms with Crippen molar-refractivity contribution in [2.75, 3.05) is 38.5 Å². The molecule has 0 aromatic heterocycles. The van der Waals surface area contributed by atoms with Gasteiger partial charge in [0, 0.05) is 32.2 Å². The molecule has 0 N–H and O–H groups in total. The number of rotatable bonds is 4. The van der Waals surface area contributed by atoms with Crippen molar-refractivity contribution in [1.82, 2.24) is 9.80 Å². The molecule has 0 spiro atoms. The van der Waals surface area contributed by atoms with Crippen LogP contribution in [0.1, 0.15) is 33.1 Å². The van der Waals surface area contributed by atoms with Gasteiger partial charge in [-0.15, -0.1) is 0 Å². The molecule has 3 heteroatoms. The van der Waals surface area contributed by atoms with E-state index in [9.17, 15) is 0 Å². The molecular weight excluding hydrogens is 216 g/mol. The van der Waals surface area contributed by atoms with Gasteiger partial charge in [0.1, 0.15) is 0 Å². The van der Waals surface area contributed by atoms with Crippen LogP contribution in [-0.4, -0.2) is 54.3 Å². The molecular formula is C13H26N2S. The van der Waals surface area contributed by atoms with E-state index in [4.69, 9.17) is 0 Å². The van der Waals surface area contributed by atoms with E-state index in [1.54, 1.807) is 0 Å². The van der Waals surface area contributed by atoms with Gasteiger partial charge >= 0.3 is 0 Å². The van der Waals surface area contributed by atoms with Crippen LogP contribution in [0.5, 0.6) is 0 Å². The van der Waals surface area contributed by atoms with Crippen LogP contribution < -0.4 is 0 Å². The van der Waals surface area contributed by atoms with Crippen LogP contribution >= 0.6 is 12.6 Å². The third-order valence-corrected chi connectivity index (χ3v) is 5.23. The molecule has 94 valence electrons.